The molecule has 24 heavy (non-hydrogen) atoms. The van der Waals surface area contributed by atoms with E-state index in [1.54, 1.807) is 6.07 Å². The molecule has 0 aromatic heterocycles. The van der Waals surface area contributed by atoms with Crippen LogP contribution in [0.4, 0.5) is 0 Å². The van der Waals surface area contributed by atoms with Crippen molar-refractivity contribution in [2.75, 3.05) is 12.8 Å². The van der Waals surface area contributed by atoms with Gasteiger partial charge < -0.3 is 9.47 Å². The lowest BCUT2D eigenvalue weighted by Gasteiger charge is -2.31. The maximum Gasteiger partial charge on any atom is 0.329 e. The molecule has 1 unspecified atom stereocenters. The number of fused-ring (bicyclic) bond motifs is 1. The minimum absolute atomic E-state index is 0.339. The van der Waals surface area contributed by atoms with Gasteiger partial charge in [-0.15, -0.1) is 0 Å². The lowest BCUT2D eigenvalue weighted by atomic mass is 10.0. The van der Waals surface area contributed by atoms with Gasteiger partial charge in [-0.3, -0.25) is 0 Å². The normalized spacial score (nSPS) is 23.4. The highest BCUT2D eigenvalue weighted by Gasteiger charge is 2.37. The van der Waals surface area contributed by atoms with E-state index in [2.05, 4.69) is 0 Å². The largest absolute Gasteiger partial charge is 0.483 e. The van der Waals surface area contributed by atoms with Crippen molar-refractivity contribution in [2.45, 2.75) is 51.2 Å². The lowest BCUT2D eigenvalue weighted by Crippen LogP contribution is -2.48. The fourth-order valence-corrected chi connectivity index (χ4v) is 4.50. The third-order valence-corrected chi connectivity index (χ3v) is 5.71. The molecule has 0 aliphatic carbocycles. The third-order valence-electron chi connectivity index (χ3n) is 4.42. The molecule has 1 fully saturated rings. The fourth-order valence-electron chi connectivity index (χ4n) is 3.38. The minimum atomic E-state index is -3.44. The van der Waals surface area contributed by atoms with Crippen LogP contribution in [0.15, 0.2) is 18.2 Å². The van der Waals surface area contributed by atoms with Crippen LogP contribution in [0, 0.1) is 0 Å². The van der Waals surface area contributed by atoms with Crippen molar-refractivity contribution in [2.24, 2.45) is 0 Å². The Morgan fingerprint density at radius 3 is 2.79 bits per heavy atom. The maximum absolute atomic E-state index is 12.6. The Morgan fingerprint density at radius 2 is 2.08 bits per heavy atom. The standard InChI is InChI=1S/C17H23NO5S/c1-17(2)11-12-7-6-9-14(15(12)23-17)22-16(19)13-8-4-5-10-18(13)24(3,20)21/h6-7,9,13H,4-5,8,10-11H2,1-3H3. The summed E-state index contributed by atoms with van der Waals surface area (Å²) in [6.07, 6.45) is 3.92. The summed E-state index contributed by atoms with van der Waals surface area (Å²) >= 11 is 0. The Morgan fingerprint density at radius 1 is 1.33 bits per heavy atom. The molecule has 2 heterocycles. The zero-order valence-electron chi connectivity index (χ0n) is 14.2. The second kappa shape index (κ2) is 6.04. The number of hydrogen-bond acceptors (Lipinski definition) is 5. The molecule has 7 heteroatoms. The monoisotopic (exact) mass is 353 g/mol. The molecule has 0 radical (unpaired) electrons. The minimum Gasteiger partial charge on any atom is -0.483 e. The molecule has 3 rings (SSSR count). The summed E-state index contributed by atoms with van der Waals surface area (Å²) < 4.78 is 36.5. The van der Waals surface area contributed by atoms with Crippen molar-refractivity contribution >= 4 is 16.0 Å². The summed E-state index contributed by atoms with van der Waals surface area (Å²) in [5.41, 5.74) is 0.656. The zero-order valence-corrected chi connectivity index (χ0v) is 15.1. The van der Waals surface area contributed by atoms with Gasteiger partial charge >= 0.3 is 5.97 Å². The first-order valence-electron chi connectivity index (χ1n) is 8.17. The van der Waals surface area contributed by atoms with Crippen LogP contribution in [-0.4, -0.2) is 43.1 Å². The Balaban J connectivity index is 1.82. The number of para-hydroxylation sites is 1. The summed E-state index contributed by atoms with van der Waals surface area (Å²) in [6.45, 7) is 4.31. The number of carbonyl (C=O) groups is 1. The Bertz CT molecular complexity index is 756. The number of hydrogen-bond donors (Lipinski definition) is 0. The molecule has 0 N–H and O–H groups in total. The molecule has 0 amide bonds. The predicted octanol–water partition coefficient (Wildman–Crippen LogP) is 2.12. The zero-order chi connectivity index (χ0) is 17.5. The first kappa shape index (κ1) is 17.2. The first-order valence-corrected chi connectivity index (χ1v) is 10.0. The van der Waals surface area contributed by atoms with Crippen LogP contribution in [0.1, 0.15) is 38.7 Å². The number of esters is 1. The molecule has 0 bridgehead atoms. The average molecular weight is 353 g/mol. The summed E-state index contributed by atoms with van der Waals surface area (Å²) in [5, 5.41) is 0. The first-order chi connectivity index (χ1) is 11.2. The van der Waals surface area contributed by atoms with Crippen LogP contribution in [0.2, 0.25) is 0 Å². The topological polar surface area (TPSA) is 72.9 Å². The smallest absolute Gasteiger partial charge is 0.329 e. The molecule has 6 nitrogen and oxygen atoms in total. The number of carbonyl (C=O) groups excluding carboxylic acids is 1. The van der Waals surface area contributed by atoms with Crippen molar-refractivity contribution in [1.29, 1.82) is 0 Å². The van der Waals surface area contributed by atoms with Gasteiger partial charge in [0.15, 0.2) is 11.5 Å². The van der Waals surface area contributed by atoms with E-state index < -0.39 is 22.0 Å². The van der Waals surface area contributed by atoms with Crippen LogP contribution < -0.4 is 9.47 Å². The summed E-state index contributed by atoms with van der Waals surface area (Å²) in [4.78, 5) is 12.6. The van der Waals surface area contributed by atoms with Crippen molar-refractivity contribution < 1.29 is 22.7 Å². The molecular formula is C17H23NO5S. The van der Waals surface area contributed by atoms with Crippen LogP contribution >= 0.6 is 0 Å². The van der Waals surface area contributed by atoms with E-state index in [0.29, 0.717) is 24.5 Å². The van der Waals surface area contributed by atoms with Gasteiger partial charge in [0.2, 0.25) is 10.0 Å². The Labute approximate surface area is 142 Å². The maximum atomic E-state index is 12.6. The molecule has 1 atom stereocenters. The van der Waals surface area contributed by atoms with Gasteiger partial charge in [-0.2, -0.15) is 4.31 Å². The highest BCUT2D eigenvalue weighted by atomic mass is 32.2. The van der Waals surface area contributed by atoms with E-state index in [1.807, 2.05) is 26.0 Å². The molecule has 2 aliphatic heterocycles. The van der Waals surface area contributed by atoms with E-state index in [1.165, 1.54) is 4.31 Å². The second-order valence-electron chi connectivity index (χ2n) is 7.09. The number of benzene rings is 1. The van der Waals surface area contributed by atoms with Crippen molar-refractivity contribution in [3.63, 3.8) is 0 Å². The molecule has 0 spiro atoms. The van der Waals surface area contributed by atoms with Gasteiger partial charge in [0.1, 0.15) is 11.6 Å². The number of sulfonamides is 1. The SMILES string of the molecule is CC1(C)Cc2cccc(OC(=O)C3CCCCN3S(C)(=O)=O)c2O1. The number of piperidine rings is 1. The van der Waals surface area contributed by atoms with E-state index in [-0.39, 0.29) is 5.60 Å². The van der Waals surface area contributed by atoms with Gasteiger partial charge in [0.25, 0.3) is 0 Å². The van der Waals surface area contributed by atoms with Crippen LogP contribution in [0.25, 0.3) is 0 Å². The predicted molar refractivity (Wildman–Crippen MR) is 89.7 cm³/mol. The summed E-state index contributed by atoms with van der Waals surface area (Å²) in [5.74, 6) is 0.404. The average Bonchev–Trinajstić information content (AvgIpc) is 2.81. The van der Waals surface area contributed by atoms with Crippen molar-refractivity contribution in [3.05, 3.63) is 23.8 Å². The summed E-state index contributed by atoms with van der Waals surface area (Å²) in [6, 6.07) is 4.69. The van der Waals surface area contributed by atoms with E-state index >= 15 is 0 Å². The number of nitrogens with zero attached hydrogens (tertiary/aromatic N) is 1. The van der Waals surface area contributed by atoms with E-state index in [0.717, 1.165) is 31.1 Å². The Kier molecular flexibility index (Phi) is 4.34. The second-order valence-corrected chi connectivity index (χ2v) is 9.02. The molecule has 1 aromatic rings. The van der Waals surface area contributed by atoms with E-state index in [9.17, 15) is 13.2 Å². The molecule has 2 aliphatic rings. The Hall–Kier alpha value is -1.60. The molecule has 132 valence electrons. The number of rotatable bonds is 3. The van der Waals surface area contributed by atoms with E-state index in [4.69, 9.17) is 9.47 Å². The summed E-state index contributed by atoms with van der Waals surface area (Å²) in [7, 11) is -3.44. The molecule has 1 saturated heterocycles. The van der Waals surface area contributed by atoms with Crippen molar-refractivity contribution in [3.8, 4) is 11.5 Å². The highest BCUT2D eigenvalue weighted by molar-refractivity contribution is 7.88. The van der Waals surface area contributed by atoms with Crippen molar-refractivity contribution in [1.82, 2.24) is 4.31 Å². The molecular weight excluding hydrogens is 330 g/mol. The quantitative estimate of drug-likeness (QED) is 0.615. The van der Waals surface area contributed by atoms with Gasteiger partial charge in [0, 0.05) is 18.5 Å². The van der Waals surface area contributed by atoms with Crippen LogP contribution in [-0.2, 0) is 21.2 Å². The van der Waals surface area contributed by atoms with Crippen LogP contribution in [0.3, 0.4) is 0 Å². The molecule has 0 saturated carbocycles. The van der Waals surface area contributed by atoms with Gasteiger partial charge in [0.05, 0.1) is 6.26 Å². The third kappa shape index (κ3) is 3.42. The number of ether oxygens (including phenoxy) is 2. The van der Waals surface area contributed by atoms with Gasteiger partial charge in [-0.25, -0.2) is 13.2 Å². The lowest BCUT2D eigenvalue weighted by molar-refractivity contribution is -0.139. The fraction of sp³-hybridized carbons (Fsp3) is 0.588. The molecule has 1 aromatic carbocycles. The van der Waals surface area contributed by atoms with Gasteiger partial charge in [-0.1, -0.05) is 12.1 Å². The van der Waals surface area contributed by atoms with Crippen LogP contribution in [0.5, 0.6) is 11.5 Å². The van der Waals surface area contributed by atoms with Gasteiger partial charge in [-0.05, 0) is 39.2 Å². The highest BCUT2D eigenvalue weighted by Crippen LogP contribution is 2.42.